The monoisotopic (exact) mass is 251 g/mol. The second-order valence-corrected chi connectivity index (χ2v) is 3.55. The average molecular weight is 251 g/mol. The number of aromatic nitrogens is 1. The zero-order valence-electron chi connectivity index (χ0n) is 10.3. The van der Waals surface area contributed by atoms with E-state index in [0.29, 0.717) is 28.2 Å². The van der Waals surface area contributed by atoms with Crippen molar-refractivity contribution in [3.05, 3.63) is 18.3 Å². The van der Waals surface area contributed by atoms with E-state index in [-0.39, 0.29) is 0 Å². The summed E-state index contributed by atoms with van der Waals surface area (Å²) in [7, 11) is 4.44. The summed E-state index contributed by atoms with van der Waals surface area (Å²) < 4.78 is 16.7. The van der Waals surface area contributed by atoms with Gasteiger partial charge in [-0.15, -0.1) is 0 Å². The van der Waals surface area contributed by atoms with Crippen molar-refractivity contribution in [1.82, 2.24) is 4.57 Å². The molecule has 2 aromatic rings. The fraction of sp³-hybridized carbons (Fsp3) is 0.250. The Morgan fingerprint density at radius 2 is 1.83 bits per heavy atom. The molecule has 0 spiro atoms. The van der Waals surface area contributed by atoms with E-state index >= 15 is 0 Å². The first-order valence-corrected chi connectivity index (χ1v) is 5.17. The fourth-order valence-electron chi connectivity index (χ4n) is 1.92. The van der Waals surface area contributed by atoms with Gasteiger partial charge in [-0.2, -0.15) is 0 Å². The largest absolute Gasteiger partial charge is 0.493 e. The lowest BCUT2D eigenvalue weighted by Gasteiger charge is -2.13. The van der Waals surface area contributed by atoms with Gasteiger partial charge in [0.2, 0.25) is 5.75 Å². The molecule has 0 bridgehead atoms. The Morgan fingerprint density at radius 1 is 1.17 bits per heavy atom. The lowest BCUT2D eigenvalue weighted by Crippen LogP contribution is -2.07. The second-order valence-electron chi connectivity index (χ2n) is 3.55. The van der Waals surface area contributed by atoms with Gasteiger partial charge in [-0.1, -0.05) is 0 Å². The van der Waals surface area contributed by atoms with Crippen LogP contribution in [0.5, 0.6) is 17.2 Å². The van der Waals surface area contributed by atoms with Crippen molar-refractivity contribution in [3.63, 3.8) is 0 Å². The molecule has 0 radical (unpaired) electrons. The van der Waals surface area contributed by atoms with Crippen LogP contribution < -0.4 is 14.2 Å². The van der Waals surface area contributed by atoms with Gasteiger partial charge in [0.05, 0.1) is 21.3 Å². The molecule has 0 amide bonds. The molecule has 0 unspecified atom stereocenters. The quantitative estimate of drug-likeness (QED) is 0.905. The Balaban J connectivity index is 2.87. The van der Waals surface area contributed by atoms with E-state index in [4.69, 9.17) is 19.3 Å². The molecular formula is C12H13NO5. The fourth-order valence-corrected chi connectivity index (χ4v) is 1.92. The highest BCUT2D eigenvalue weighted by Gasteiger charge is 2.20. The molecule has 1 aromatic carbocycles. The third kappa shape index (κ3) is 1.62. The van der Waals surface area contributed by atoms with E-state index in [0.717, 1.165) is 4.57 Å². The zero-order chi connectivity index (χ0) is 13.3. The third-order valence-electron chi connectivity index (χ3n) is 2.68. The number of fused-ring (bicyclic) bond motifs is 1. The van der Waals surface area contributed by atoms with Gasteiger partial charge in [-0.05, 0) is 12.1 Å². The molecule has 6 nitrogen and oxygen atoms in total. The summed E-state index contributed by atoms with van der Waals surface area (Å²) in [5, 5.41) is 9.82. The smallest absolute Gasteiger partial charge is 0.416 e. The van der Waals surface area contributed by atoms with Crippen LogP contribution in [0.15, 0.2) is 18.3 Å². The van der Waals surface area contributed by atoms with Crippen LogP contribution in [0.1, 0.15) is 0 Å². The zero-order valence-corrected chi connectivity index (χ0v) is 10.3. The number of rotatable bonds is 3. The molecule has 1 N–H and O–H groups in total. The van der Waals surface area contributed by atoms with Gasteiger partial charge >= 0.3 is 6.09 Å². The summed E-state index contributed by atoms with van der Waals surface area (Å²) in [6.45, 7) is 0. The topological polar surface area (TPSA) is 69.9 Å². The summed E-state index contributed by atoms with van der Waals surface area (Å²) in [5.41, 5.74) is 0.433. The van der Waals surface area contributed by atoms with E-state index in [1.807, 2.05) is 0 Å². The average Bonchev–Trinajstić information content (AvgIpc) is 2.79. The minimum Gasteiger partial charge on any atom is -0.493 e. The Hall–Kier alpha value is -2.37. The number of nitrogens with zero attached hydrogens (tertiary/aromatic N) is 1. The maximum Gasteiger partial charge on any atom is 0.416 e. The van der Waals surface area contributed by atoms with Crippen molar-refractivity contribution in [2.24, 2.45) is 0 Å². The molecule has 0 saturated carbocycles. The van der Waals surface area contributed by atoms with E-state index in [1.54, 1.807) is 12.1 Å². The molecule has 1 aromatic heterocycles. The highest BCUT2D eigenvalue weighted by Crippen LogP contribution is 2.43. The van der Waals surface area contributed by atoms with Crippen molar-refractivity contribution in [3.8, 4) is 17.2 Å². The number of ether oxygens (including phenoxy) is 3. The number of methoxy groups -OCH3 is 3. The molecule has 96 valence electrons. The van der Waals surface area contributed by atoms with Gasteiger partial charge in [-0.25, -0.2) is 9.36 Å². The van der Waals surface area contributed by atoms with Crippen molar-refractivity contribution in [1.29, 1.82) is 0 Å². The van der Waals surface area contributed by atoms with Crippen molar-refractivity contribution in [2.45, 2.75) is 0 Å². The van der Waals surface area contributed by atoms with Crippen LogP contribution >= 0.6 is 0 Å². The van der Waals surface area contributed by atoms with Gasteiger partial charge in [0, 0.05) is 11.6 Å². The van der Waals surface area contributed by atoms with E-state index in [1.165, 1.54) is 27.5 Å². The molecule has 2 rings (SSSR count). The Bertz CT molecular complexity index is 602. The maximum atomic E-state index is 11.1. The van der Waals surface area contributed by atoms with Crippen LogP contribution in [0.2, 0.25) is 0 Å². The van der Waals surface area contributed by atoms with Crippen molar-refractivity contribution < 1.29 is 24.1 Å². The standard InChI is InChI=1S/C12H13NO5/c1-16-8-6-7-4-5-13(12(14)15)9(7)11(18-3)10(8)17-2/h4-6H,1-3H3,(H,14,15). The summed E-state index contributed by atoms with van der Waals surface area (Å²) >= 11 is 0. The Labute approximate surface area is 103 Å². The van der Waals surface area contributed by atoms with E-state index in [2.05, 4.69) is 0 Å². The predicted molar refractivity (Wildman–Crippen MR) is 65.0 cm³/mol. The second kappa shape index (κ2) is 4.48. The van der Waals surface area contributed by atoms with Crippen molar-refractivity contribution >= 4 is 17.0 Å². The van der Waals surface area contributed by atoms with Crippen molar-refractivity contribution in [2.75, 3.05) is 21.3 Å². The lowest BCUT2D eigenvalue weighted by molar-refractivity contribution is 0.197. The summed E-state index contributed by atoms with van der Waals surface area (Å²) in [5.74, 6) is 1.19. The molecule has 0 saturated heterocycles. The van der Waals surface area contributed by atoms with Crippen LogP contribution in [-0.2, 0) is 0 Å². The van der Waals surface area contributed by atoms with Gasteiger partial charge in [0.25, 0.3) is 0 Å². The number of hydrogen-bond donors (Lipinski definition) is 1. The molecule has 0 fully saturated rings. The highest BCUT2D eigenvalue weighted by molar-refractivity contribution is 5.96. The molecule has 18 heavy (non-hydrogen) atoms. The third-order valence-corrected chi connectivity index (χ3v) is 2.68. The maximum absolute atomic E-state index is 11.1. The first-order valence-electron chi connectivity index (χ1n) is 5.17. The SMILES string of the molecule is COc1cc2ccn(C(=O)O)c2c(OC)c1OC. The van der Waals surface area contributed by atoms with E-state index in [9.17, 15) is 4.79 Å². The van der Waals surface area contributed by atoms with Gasteiger partial charge < -0.3 is 19.3 Å². The predicted octanol–water partition coefficient (Wildman–Crippen LogP) is 2.19. The molecule has 0 aliphatic rings. The first-order chi connectivity index (χ1) is 8.63. The van der Waals surface area contributed by atoms with Crippen LogP contribution in [0.25, 0.3) is 10.9 Å². The highest BCUT2D eigenvalue weighted by atomic mass is 16.5. The Kier molecular flexibility index (Phi) is 3.01. The molecule has 0 aliphatic heterocycles. The normalized spacial score (nSPS) is 10.4. The van der Waals surface area contributed by atoms with Crippen LogP contribution in [-0.4, -0.2) is 37.1 Å². The van der Waals surface area contributed by atoms with Gasteiger partial charge in [0.15, 0.2) is 11.5 Å². The first kappa shape index (κ1) is 12.1. The number of hydrogen-bond acceptors (Lipinski definition) is 4. The number of benzene rings is 1. The van der Waals surface area contributed by atoms with Crippen LogP contribution in [0, 0.1) is 0 Å². The minimum absolute atomic E-state index is 0.333. The number of carbonyl (C=O) groups is 1. The molecule has 0 atom stereocenters. The lowest BCUT2D eigenvalue weighted by atomic mass is 10.2. The van der Waals surface area contributed by atoms with Gasteiger partial charge in [-0.3, -0.25) is 0 Å². The molecule has 6 heteroatoms. The van der Waals surface area contributed by atoms with E-state index < -0.39 is 6.09 Å². The number of carboxylic acid groups (broad SMARTS) is 1. The molecule has 0 aliphatic carbocycles. The summed E-state index contributed by atoms with van der Waals surface area (Å²) in [6, 6.07) is 3.38. The van der Waals surface area contributed by atoms with Crippen LogP contribution in [0.3, 0.4) is 0 Å². The minimum atomic E-state index is -1.09. The molecule has 1 heterocycles. The van der Waals surface area contributed by atoms with Crippen LogP contribution in [0.4, 0.5) is 4.79 Å². The summed E-state index contributed by atoms with van der Waals surface area (Å²) in [4.78, 5) is 11.1. The Morgan fingerprint density at radius 3 is 2.33 bits per heavy atom. The van der Waals surface area contributed by atoms with Gasteiger partial charge in [0.1, 0.15) is 5.52 Å². The summed E-state index contributed by atoms with van der Waals surface area (Å²) in [6.07, 6.45) is 0.365. The molecular weight excluding hydrogens is 238 g/mol.